The second-order valence-electron chi connectivity index (χ2n) is 7.60. The number of ether oxygens (including phenoxy) is 1. The van der Waals surface area contributed by atoms with E-state index in [-0.39, 0.29) is 28.5 Å². The highest BCUT2D eigenvalue weighted by Crippen LogP contribution is 2.36. The quantitative estimate of drug-likeness (QED) is 0.160. The summed E-state index contributed by atoms with van der Waals surface area (Å²) in [6.45, 7) is 0. The van der Waals surface area contributed by atoms with E-state index >= 15 is 0 Å². The third-order valence-corrected chi connectivity index (χ3v) is 7.56. The van der Waals surface area contributed by atoms with Crippen LogP contribution in [0.2, 0.25) is 0 Å². The number of non-ortho nitro benzene ring substituents is 1. The summed E-state index contributed by atoms with van der Waals surface area (Å²) in [6, 6.07) is 15.7. The number of carbonyl (C=O) groups excluding carboxylic acids is 3. The summed E-state index contributed by atoms with van der Waals surface area (Å²) >= 11 is 2.59. The molecule has 0 saturated carbocycles. The number of thiazole rings is 1. The van der Waals surface area contributed by atoms with Crippen LogP contribution in [0.1, 0.15) is 20.7 Å². The number of hydrogen-bond donors (Lipinski definition) is 1. The van der Waals surface area contributed by atoms with Gasteiger partial charge in [-0.15, -0.1) is 11.3 Å². The molecule has 1 aliphatic heterocycles. The number of benzene rings is 3. The molecule has 1 aromatic heterocycles. The molecule has 12 heteroatoms. The number of fused-ring (bicyclic) bond motifs is 2. The van der Waals surface area contributed by atoms with Crippen molar-refractivity contribution in [2.75, 3.05) is 23.1 Å². The predicted molar refractivity (Wildman–Crippen MR) is 136 cm³/mol. The summed E-state index contributed by atoms with van der Waals surface area (Å²) in [5.74, 6) is -0.695. The van der Waals surface area contributed by atoms with Gasteiger partial charge in [0.1, 0.15) is 5.75 Å². The summed E-state index contributed by atoms with van der Waals surface area (Å²) in [6.07, 6.45) is 0. The van der Waals surface area contributed by atoms with Crippen molar-refractivity contribution in [2.45, 2.75) is 4.34 Å². The van der Waals surface area contributed by atoms with Crippen LogP contribution in [0.5, 0.6) is 5.75 Å². The number of amides is 3. The van der Waals surface area contributed by atoms with Crippen molar-refractivity contribution in [1.29, 1.82) is 0 Å². The minimum Gasteiger partial charge on any atom is -0.495 e. The van der Waals surface area contributed by atoms with Crippen LogP contribution < -0.4 is 15.0 Å². The van der Waals surface area contributed by atoms with E-state index in [1.165, 1.54) is 42.3 Å². The zero-order chi connectivity index (χ0) is 25.4. The molecule has 0 saturated heterocycles. The lowest BCUT2D eigenvalue weighted by molar-refractivity contribution is -0.384. The van der Waals surface area contributed by atoms with Gasteiger partial charge in [-0.25, -0.2) is 9.88 Å². The average molecular weight is 521 g/mol. The normalized spacial score (nSPS) is 12.6. The maximum atomic E-state index is 12.9. The summed E-state index contributed by atoms with van der Waals surface area (Å²) in [5.41, 5.74) is 1.43. The number of carbonyl (C=O) groups is 3. The van der Waals surface area contributed by atoms with Crippen molar-refractivity contribution in [2.24, 2.45) is 0 Å². The number of hydrogen-bond acceptors (Lipinski definition) is 9. The van der Waals surface area contributed by atoms with E-state index in [0.717, 1.165) is 15.7 Å². The molecule has 3 aromatic carbocycles. The van der Waals surface area contributed by atoms with Crippen LogP contribution in [-0.2, 0) is 4.79 Å². The molecular weight excluding hydrogens is 504 g/mol. The Balaban J connectivity index is 1.32. The summed E-state index contributed by atoms with van der Waals surface area (Å²) < 4.78 is 6.61. The standard InChI is InChI=1S/C24H16N4O6S2/c1-34-19-5-3-2-4-17(19)25-21(29)12-35-24-26-18-9-7-13(11-20(18)36-24)27-22(30)15-8-6-14(28(32)33)10-16(15)23(27)31/h2-11H,12H2,1H3,(H,25,29). The first kappa shape index (κ1) is 23.5. The molecule has 0 atom stereocenters. The number of rotatable bonds is 7. The Kier molecular flexibility index (Phi) is 6.12. The van der Waals surface area contributed by atoms with Gasteiger partial charge in [0.25, 0.3) is 17.5 Å². The van der Waals surface area contributed by atoms with E-state index in [1.54, 1.807) is 36.4 Å². The zero-order valence-electron chi connectivity index (χ0n) is 18.6. The van der Waals surface area contributed by atoms with Gasteiger partial charge in [-0.3, -0.25) is 24.5 Å². The molecule has 0 aliphatic carbocycles. The second-order valence-corrected chi connectivity index (χ2v) is 9.85. The first-order chi connectivity index (χ1) is 17.4. The first-order valence-corrected chi connectivity index (χ1v) is 12.3. The van der Waals surface area contributed by atoms with Gasteiger partial charge in [0.15, 0.2) is 4.34 Å². The van der Waals surface area contributed by atoms with Crippen LogP contribution in [0, 0.1) is 10.1 Å². The highest BCUT2D eigenvalue weighted by atomic mass is 32.2. The van der Waals surface area contributed by atoms with Crippen LogP contribution in [0.15, 0.2) is 65.0 Å². The lowest BCUT2D eigenvalue weighted by Gasteiger charge is -2.13. The molecule has 10 nitrogen and oxygen atoms in total. The number of nitrogens with one attached hydrogen (secondary N) is 1. The maximum absolute atomic E-state index is 12.9. The van der Waals surface area contributed by atoms with Crippen molar-refractivity contribution in [1.82, 2.24) is 4.98 Å². The van der Waals surface area contributed by atoms with Crippen molar-refractivity contribution < 1.29 is 24.0 Å². The fraction of sp³-hybridized carbons (Fsp3) is 0.0833. The Morgan fingerprint density at radius 2 is 1.89 bits per heavy atom. The lowest BCUT2D eigenvalue weighted by Crippen LogP contribution is -2.29. The maximum Gasteiger partial charge on any atom is 0.270 e. The van der Waals surface area contributed by atoms with E-state index in [9.17, 15) is 24.5 Å². The minimum atomic E-state index is -0.620. The number of methoxy groups -OCH3 is 1. The molecule has 3 amide bonds. The Labute approximate surface area is 212 Å². The summed E-state index contributed by atoms with van der Waals surface area (Å²) in [4.78, 5) is 54.2. The van der Waals surface area contributed by atoms with Crippen LogP contribution in [0.25, 0.3) is 10.2 Å². The van der Waals surface area contributed by atoms with Crippen molar-refractivity contribution in [3.8, 4) is 5.75 Å². The Morgan fingerprint density at radius 3 is 2.67 bits per heavy atom. The molecule has 2 heterocycles. The Morgan fingerprint density at radius 1 is 1.11 bits per heavy atom. The third kappa shape index (κ3) is 4.27. The van der Waals surface area contributed by atoms with Crippen LogP contribution >= 0.6 is 23.1 Å². The van der Waals surface area contributed by atoms with Crippen molar-refractivity contribution in [3.05, 3.63) is 81.9 Å². The minimum absolute atomic E-state index is 0.00379. The number of aromatic nitrogens is 1. The molecule has 0 spiro atoms. The fourth-order valence-corrected chi connectivity index (χ4v) is 5.63. The molecule has 0 unspecified atom stereocenters. The molecule has 36 heavy (non-hydrogen) atoms. The molecule has 5 rings (SSSR count). The summed E-state index contributed by atoms with van der Waals surface area (Å²) in [7, 11) is 1.53. The van der Waals surface area contributed by atoms with Gasteiger partial charge < -0.3 is 10.1 Å². The van der Waals surface area contributed by atoms with E-state index in [0.29, 0.717) is 27.0 Å². The number of nitro groups is 1. The number of anilines is 2. The SMILES string of the molecule is COc1ccccc1NC(=O)CSc1nc2ccc(N3C(=O)c4ccc([N+](=O)[O-])cc4C3=O)cc2s1. The number of nitro benzene ring substituents is 1. The monoisotopic (exact) mass is 520 g/mol. The first-order valence-electron chi connectivity index (χ1n) is 10.5. The average Bonchev–Trinajstić information content (AvgIpc) is 3.40. The predicted octanol–water partition coefficient (Wildman–Crippen LogP) is 4.74. The highest BCUT2D eigenvalue weighted by Gasteiger charge is 2.38. The second kappa shape index (κ2) is 9.40. The van der Waals surface area contributed by atoms with Gasteiger partial charge in [0.05, 0.1) is 50.5 Å². The number of nitrogens with zero attached hydrogens (tertiary/aromatic N) is 3. The van der Waals surface area contributed by atoms with Crippen LogP contribution in [0.4, 0.5) is 17.1 Å². The number of thioether (sulfide) groups is 1. The molecule has 4 aromatic rings. The third-order valence-electron chi connectivity index (χ3n) is 5.40. The largest absolute Gasteiger partial charge is 0.495 e. The van der Waals surface area contributed by atoms with Gasteiger partial charge in [0.2, 0.25) is 5.91 Å². The molecule has 0 fully saturated rings. The molecule has 1 aliphatic rings. The van der Waals surface area contributed by atoms with Gasteiger partial charge >= 0.3 is 0 Å². The van der Waals surface area contributed by atoms with Crippen LogP contribution in [-0.4, -0.2) is 40.5 Å². The molecule has 0 bridgehead atoms. The number of para-hydroxylation sites is 2. The van der Waals surface area contributed by atoms with Gasteiger partial charge in [-0.1, -0.05) is 23.9 Å². The Hall–Kier alpha value is -4.29. The van der Waals surface area contributed by atoms with E-state index in [1.807, 2.05) is 6.07 Å². The molecular formula is C24H16N4O6S2. The van der Waals surface area contributed by atoms with E-state index < -0.39 is 16.7 Å². The zero-order valence-corrected chi connectivity index (χ0v) is 20.2. The van der Waals surface area contributed by atoms with Crippen molar-refractivity contribution >= 4 is 68.1 Å². The molecule has 0 radical (unpaired) electrons. The van der Waals surface area contributed by atoms with Crippen LogP contribution in [0.3, 0.4) is 0 Å². The molecule has 1 N–H and O–H groups in total. The van der Waals surface area contributed by atoms with E-state index in [2.05, 4.69) is 10.3 Å². The van der Waals surface area contributed by atoms with Gasteiger partial charge in [0, 0.05) is 12.1 Å². The topological polar surface area (TPSA) is 132 Å². The van der Waals surface area contributed by atoms with Crippen molar-refractivity contribution in [3.63, 3.8) is 0 Å². The molecule has 180 valence electrons. The highest BCUT2D eigenvalue weighted by molar-refractivity contribution is 8.01. The fourth-order valence-electron chi connectivity index (χ4n) is 3.73. The lowest BCUT2D eigenvalue weighted by atomic mass is 10.1. The Bertz CT molecular complexity index is 1570. The smallest absolute Gasteiger partial charge is 0.270 e. The number of imide groups is 1. The summed E-state index contributed by atoms with van der Waals surface area (Å²) in [5, 5.41) is 13.9. The van der Waals surface area contributed by atoms with Gasteiger partial charge in [-0.2, -0.15) is 0 Å². The van der Waals surface area contributed by atoms with Gasteiger partial charge in [-0.05, 0) is 36.4 Å². The van der Waals surface area contributed by atoms with E-state index in [4.69, 9.17) is 4.74 Å².